The van der Waals surface area contributed by atoms with Crippen LogP contribution in [0.1, 0.15) is 23.2 Å². The van der Waals surface area contributed by atoms with Crippen molar-refractivity contribution in [3.8, 4) is 0 Å². The summed E-state index contributed by atoms with van der Waals surface area (Å²) < 4.78 is 0. The molecule has 1 fully saturated rings. The lowest BCUT2D eigenvalue weighted by Crippen LogP contribution is -2.38. The molecular formula is C12H13Cl2NO2. The van der Waals surface area contributed by atoms with Gasteiger partial charge < -0.3 is 10.4 Å². The molecule has 1 aromatic rings. The first-order valence-corrected chi connectivity index (χ1v) is 6.23. The summed E-state index contributed by atoms with van der Waals surface area (Å²) in [5, 5.41) is 12.7. The molecule has 1 aliphatic carbocycles. The van der Waals surface area contributed by atoms with E-state index in [1.807, 2.05) is 0 Å². The number of benzene rings is 1. The summed E-state index contributed by atoms with van der Waals surface area (Å²) >= 11 is 11.6. The zero-order valence-corrected chi connectivity index (χ0v) is 10.6. The second kappa shape index (κ2) is 5.25. The van der Waals surface area contributed by atoms with Crippen LogP contribution in [0.15, 0.2) is 18.2 Å². The van der Waals surface area contributed by atoms with E-state index in [0.717, 1.165) is 12.8 Å². The first-order valence-electron chi connectivity index (χ1n) is 5.47. The van der Waals surface area contributed by atoms with Gasteiger partial charge in [0.15, 0.2) is 0 Å². The quantitative estimate of drug-likeness (QED) is 0.889. The van der Waals surface area contributed by atoms with Crippen LogP contribution in [0.2, 0.25) is 10.0 Å². The zero-order chi connectivity index (χ0) is 12.4. The SMILES string of the molecule is O=C(NCC1CC(O)C1)c1ccc(Cl)c(Cl)c1. The molecule has 0 atom stereocenters. The Morgan fingerprint density at radius 1 is 1.35 bits per heavy atom. The molecule has 0 radical (unpaired) electrons. The summed E-state index contributed by atoms with van der Waals surface area (Å²) in [7, 11) is 0. The zero-order valence-electron chi connectivity index (χ0n) is 9.12. The predicted molar refractivity (Wildman–Crippen MR) is 67.5 cm³/mol. The van der Waals surface area contributed by atoms with Crippen LogP contribution in [-0.4, -0.2) is 23.7 Å². The maximum absolute atomic E-state index is 11.8. The van der Waals surface area contributed by atoms with E-state index in [0.29, 0.717) is 28.1 Å². The highest BCUT2D eigenvalue weighted by Crippen LogP contribution is 2.26. The molecule has 92 valence electrons. The van der Waals surface area contributed by atoms with Gasteiger partial charge in [-0.15, -0.1) is 0 Å². The fourth-order valence-electron chi connectivity index (χ4n) is 1.84. The van der Waals surface area contributed by atoms with Crippen molar-refractivity contribution in [2.24, 2.45) is 5.92 Å². The Balaban J connectivity index is 1.88. The number of aliphatic hydroxyl groups excluding tert-OH is 1. The van der Waals surface area contributed by atoms with E-state index in [-0.39, 0.29) is 12.0 Å². The van der Waals surface area contributed by atoms with Crippen LogP contribution in [0.4, 0.5) is 0 Å². The summed E-state index contributed by atoms with van der Waals surface area (Å²) in [5.74, 6) is 0.224. The first kappa shape index (κ1) is 12.7. The third kappa shape index (κ3) is 3.12. The molecule has 17 heavy (non-hydrogen) atoms. The minimum atomic E-state index is -0.193. The molecule has 0 saturated heterocycles. The largest absolute Gasteiger partial charge is 0.393 e. The lowest BCUT2D eigenvalue weighted by atomic mass is 9.82. The molecule has 5 heteroatoms. The second-order valence-electron chi connectivity index (χ2n) is 4.33. The Kier molecular flexibility index (Phi) is 3.92. The maximum atomic E-state index is 11.8. The number of nitrogens with one attached hydrogen (secondary N) is 1. The number of hydrogen-bond donors (Lipinski definition) is 2. The van der Waals surface area contributed by atoms with Crippen molar-refractivity contribution in [1.29, 1.82) is 0 Å². The number of carbonyl (C=O) groups excluding carboxylic acids is 1. The average Bonchev–Trinajstić information content (AvgIpc) is 2.26. The van der Waals surface area contributed by atoms with Gasteiger partial charge in [-0.25, -0.2) is 0 Å². The Hall–Kier alpha value is -0.770. The van der Waals surface area contributed by atoms with Crippen LogP contribution in [-0.2, 0) is 0 Å². The van der Waals surface area contributed by atoms with Gasteiger partial charge in [0, 0.05) is 12.1 Å². The van der Waals surface area contributed by atoms with Gasteiger partial charge in [-0.2, -0.15) is 0 Å². The van der Waals surface area contributed by atoms with Gasteiger partial charge in [0.05, 0.1) is 16.1 Å². The van der Waals surface area contributed by atoms with Gasteiger partial charge in [0.25, 0.3) is 5.91 Å². The number of aliphatic hydroxyl groups is 1. The number of rotatable bonds is 3. The molecule has 0 aliphatic heterocycles. The molecule has 3 nitrogen and oxygen atoms in total. The predicted octanol–water partition coefficient (Wildman–Crippen LogP) is 2.49. The lowest BCUT2D eigenvalue weighted by Gasteiger charge is -2.31. The molecular weight excluding hydrogens is 261 g/mol. The Morgan fingerprint density at radius 2 is 2.06 bits per heavy atom. The normalized spacial score (nSPS) is 23.0. The number of halogens is 2. The van der Waals surface area contributed by atoms with Crippen molar-refractivity contribution < 1.29 is 9.90 Å². The molecule has 1 aliphatic rings. The van der Waals surface area contributed by atoms with Crippen LogP contribution in [0.3, 0.4) is 0 Å². The summed E-state index contributed by atoms with van der Waals surface area (Å²) in [6.45, 7) is 0.593. The van der Waals surface area contributed by atoms with Gasteiger partial charge in [-0.1, -0.05) is 23.2 Å². The monoisotopic (exact) mass is 273 g/mol. The number of carbonyl (C=O) groups is 1. The van der Waals surface area contributed by atoms with E-state index in [9.17, 15) is 4.79 Å². The Bertz CT molecular complexity index is 431. The van der Waals surface area contributed by atoms with Crippen molar-refractivity contribution in [1.82, 2.24) is 5.32 Å². The van der Waals surface area contributed by atoms with E-state index >= 15 is 0 Å². The van der Waals surface area contributed by atoms with Crippen molar-refractivity contribution in [3.05, 3.63) is 33.8 Å². The fourth-order valence-corrected chi connectivity index (χ4v) is 2.14. The molecule has 2 rings (SSSR count). The molecule has 1 amide bonds. The van der Waals surface area contributed by atoms with E-state index in [4.69, 9.17) is 28.3 Å². The van der Waals surface area contributed by atoms with Crippen molar-refractivity contribution in [2.75, 3.05) is 6.54 Å². The Labute approximate surface area is 110 Å². The van der Waals surface area contributed by atoms with Crippen LogP contribution in [0.25, 0.3) is 0 Å². The maximum Gasteiger partial charge on any atom is 0.251 e. The standard InChI is InChI=1S/C12H13Cl2NO2/c13-10-2-1-8(5-11(10)14)12(17)15-6-7-3-9(16)4-7/h1-2,5,7,9,16H,3-4,6H2,(H,15,17). The Morgan fingerprint density at radius 3 is 2.65 bits per heavy atom. The van der Waals surface area contributed by atoms with E-state index in [2.05, 4.69) is 5.32 Å². The third-order valence-corrected chi connectivity index (χ3v) is 3.68. The highest BCUT2D eigenvalue weighted by atomic mass is 35.5. The first-order chi connectivity index (χ1) is 8.06. The smallest absolute Gasteiger partial charge is 0.251 e. The van der Waals surface area contributed by atoms with Gasteiger partial charge >= 0.3 is 0 Å². The molecule has 1 aromatic carbocycles. The van der Waals surface area contributed by atoms with Crippen LogP contribution < -0.4 is 5.32 Å². The van der Waals surface area contributed by atoms with Crippen molar-refractivity contribution >= 4 is 29.1 Å². The molecule has 0 unspecified atom stereocenters. The van der Waals surface area contributed by atoms with Gasteiger partial charge in [-0.05, 0) is 37.0 Å². The fraction of sp³-hybridized carbons (Fsp3) is 0.417. The summed E-state index contributed by atoms with van der Waals surface area (Å²) in [6.07, 6.45) is 1.34. The van der Waals surface area contributed by atoms with Crippen molar-refractivity contribution in [2.45, 2.75) is 18.9 Å². The minimum Gasteiger partial charge on any atom is -0.393 e. The second-order valence-corrected chi connectivity index (χ2v) is 5.14. The third-order valence-electron chi connectivity index (χ3n) is 2.94. The number of amides is 1. The van der Waals surface area contributed by atoms with Gasteiger partial charge in [0.1, 0.15) is 0 Å². The molecule has 0 aromatic heterocycles. The lowest BCUT2D eigenvalue weighted by molar-refractivity contribution is 0.0420. The number of hydrogen-bond acceptors (Lipinski definition) is 2. The topological polar surface area (TPSA) is 49.3 Å². The van der Waals surface area contributed by atoms with Gasteiger partial charge in [0.2, 0.25) is 0 Å². The molecule has 1 saturated carbocycles. The summed E-state index contributed by atoms with van der Waals surface area (Å²) in [5.41, 5.74) is 0.499. The minimum absolute atomic E-state index is 0.162. The van der Waals surface area contributed by atoms with E-state index in [1.54, 1.807) is 18.2 Å². The van der Waals surface area contributed by atoms with Gasteiger partial charge in [-0.3, -0.25) is 4.79 Å². The van der Waals surface area contributed by atoms with Crippen LogP contribution in [0.5, 0.6) is 0 Å². The van der Waals surface area contributed by atoms with E-state index in [1.165, 1.54) is 0 Å². The van der Waals surface area contributed by atoms with Crippen molar-refractivity contribution in [3.63, 3.8) is 0 Å². The van der Waals surface area contributed by atoms with E-state index < -0.39 is 0 Å². The molecule has 0 spiro atoms. The van der Waals surface area contributed by atoms with Crippen LogP contribution in [0, 0.1) is 5.92 Å². The molecule has 0 bridgehead atoms. The highest BCUT2D eigenvalue weighted by molar-refractivity contribution is 6.42. The summed E-state index contributed by atoms with van der Waals surface area (Å²) in [4.78, 5) is 11.8. The highest BCUT2D eigenvalue weighted by Gasteiger charge is 2.27. The van der Waals surface area contributed by atoms with Crippen LogP contribution >= 0.6 is 23.2 Å². The molecule has 0 heterocycles. The summed E-state index contributed by atoms with van der Waals surface area (Å²) in [6, 6.07) is 4.79. The molecule has 2 N–H and O–H groups in total. The average molecular weight is 274 g/mol.